The first kappa shape index (κ1) is 17.6. The molecule has 3 nitrogen and oxygen atoms in total. The highest BCUT2D eigenvalue weighted by atomic mass is 35.5. The van der Waals surface area contributed by atoms with Gasteiger partial charge in [-0.25, -0.2) is 4.79 Å². The van der Waals surface area contributed by atoms with Crippen LogP contribution in [0.15, 0.2) is 54.7 Å². The van der Waals surface area contributed by atoms with Crippen LogP contribution in [0, 0.1) is 0 Å². The van der Waals surface area contributed by atoms with Gasteiger partial charge in [0.25, 0.3) is 0 Å². The predicted octanol–water partition coefficient (Wildman–Crippen LogP) is 5.76. The summed E-state index contributed by atoms with van der Waals surface area (Å²) < 4.78 is 5.26. The Bertz CT molecular complexity index is 888. The van der Waals surface area contributed by atoms with Crippen molar-refractivity contribution in [3.05, 3.63) is 81.5 Å². The minimum Gasteiger partial charge on any atom is -0.462 e. The predicted molar refractivity (Wildman–Crippen MR) is 101 cm³/mol. The SMILES string of the molecule is CCOC(=O)c1c(Cc2ccc(Cl)cc2Cl)c[nH]c1-c1ccccc1. The molecule has 0 aliphatic rings. The van der Waals surface area contributed by atoms with E-state index in [-0.39, 0.29) is 5.97 Å². The van der Waals surface area contributed by atoms with Crippen LogP contribution in [0.1, 0.15) is 28.4 Å². The van der Waals surface area contributed by atoms with E-state index < -0.39 is 0 Å². The van der Waals surface area contributed by atoms with Crippen molar-refractivity contribution in [2.75, 3.05) is 6.61 Å². The van der Waals surface area contributed by atoms with Crippen molar-refractivity contribution in [3.8, 4) is 11.3 Å². The van der Waals surface area contributed by atoms with Crippen LogP contribution in [0.3, 0.4) is 0 Å². The number of ether oxygens (including phenoxy) is 1. The number of nitrogens with one attached hydrogen (secondary N) is 1. The zero-order valence-electron chi connectivity index (χ0n) is 13.7. The Morgan fingerprint density at radius 3 is 2.52 bits per heavy atom. The van der Waals surface area contributed by atoms with Gasteiger partial charge in [0.05, 0.1) is 17.9 Å². The van der Waals surface area contributed by atoms with E-state index in [9.17, 15) is 4.79 Å². The maximum Gasteiger partial charge on any atom is 0.340 e. The molecule has 0 amide bonds. The third-order valence-corrected chi connectivity index (χ3v) is 4.49. The lowest BCUT2D eigenvalue weighted by Crippen LogP contribution is -2.08. The van der Waals surface area contributed by atoms with Crippen LogP contribution in [-0.4, -0.2) is 17.6 Å². The topological polar surface area (TPSA) is 42.1 Å². The molecule has 0 saturated heterocycles. The molecule has 1 aromatic heterocycles. The van der Waals surface area contributed by atoms with Crippen LogP contribution >= 0.6 is 23.2 Å². The van der Waals surface area contributed by atoms with Gasteiger partial charge in [-0.3, -0.25) is 0 Å². The number of hydrogen-bond acceptors (Lipinski definition) is 2. The number of benzene rings is 2. The van der Waals surface area contributed by atoms with E-state index in [0.717, 1.165) is 22.4 Å². The first-order valence-corrected chi connectivity index (χ1v) is 8.72. The maximum absolute atomic E-state index is 12.6. The third kappa shape index (κ3) is 3.89. The number of rotatable bonds is 5. The van der Waals surface area contributed by atoms with Gasteiger partial charge in [-0.2, -0.15) is 0 Å². The van der Waals surface area contributed by atoms with E-state index in [1.165, 1.54) is 0 Å². The summed E-state index contributed by atoms with van der Waals surface area (Å²) in [4.78, 5) is 15.8. The van der Waals surface area contributed by atoms with Gasteiger partial charge < -0.3 is 9.72 Å². The van der Waals surface area contributed by atoms with Gasteiger partial charge in [-0.1, -0.05) is 59.6 Å². The molecule has 1 N–H and O–H groups in total. The molecule has 5 heteroatoms. The first-order chi connectivity index (χ1) is 12.1. The molecule has 0 aliphatic carbocycles. The summed E-state index contributed by atoms with van der Waals surface area (Å²) in [5, 5.41) is 1.16. The molecule has 0 unspecified atom stereocenters. The molecule has 0 atom stereocenters. The zero-order chi connectivity index (χ0) is 17.8. The second kappa shape index (κ2) is 7.77. The monoisotopic (exact) mass is 373 g/mol. The van der Waals surface area contributed by atoms with Gasteiger partial charge in [0.15, 0.2) is 0 Å². The smallest absolute Gasteiger partial charge is 0.340 e. The van der Waals surface area contributed by atoms with Crippen molar-refractivity contribution >= 4 is 29.2 Å². The van der Waals surface area contributed by atoms with E-state index in [1.807, 2.05) is 42.6 Å². The summed E-state index contributed by atoms with van der Waals surface area (Å²) in [5.41, 5.74) is 3.95. The Morgan fingerprint density at radius 2 is 1.84 bits per heavy atom. The molecule has 0 saturated carbocycles. The second-order valence-corrected chi connectivity index (χ2v) is 6.41. The summed E-state index contributed by atoms with van der Waals surface area (Å²) >= 11 is 12.2. The molecule has 25 heavy (non-hydrogen) atoms. The van der Waals surface area contributed by atoms with Crippen molar-refractivity contribution in [2.24, 2.45) is 0 Å². The zero-order valence-corrected chi connectivity index (χ0v) is 15.2. The lowest BCUT2D eigenvalue weighted by molar-refractivity contribution is 0.0526. The van der Waals surface area contributed by atoms with Gasteiger partial charge in [0.1, 0.15) is 0 Å². The number of carbonyl (C=O) groups is 1. The molecule has 3 aromatic rings. The van der Waals surface area contributed by atoms with Crippen molar-refractivity contribution < 1.29 is 9.53 Å². The highest BCUT2D eigenvalue weighted by Crippen LogP contribution is 2.30. The minimum atomic E-state index is -0.345. The highest BCUT2D eigenvalue weighted by Gasteiger charge is 2.21. The fraction of sp³-hybridized carbons (Fsp3) is 0.150. The van der Waals surface area contributed by atoms with Crippen LogP contribution in [0.2, 0.25) is 10.0 Å². The van der Waals surface area contributed by atoms with E-state index in [4.69, 9.17) is 27.9 Å². The van der Waals surface area contributed by atoms with Crippen molar-refractivity contribution in [1.29, 1.82) is 0 Å². The minimum absolute atomic E-state index is 0.319. The Hall–Kier alpha value is -2.23. The van der Waals surface area contributed by atoms with E-state index in [1.54, 1.807) is 19.1 Å². The fourth-order valence-electron chi connectivity index (χ4n) is 2.74. The van der Waals surface area contributed by atoms with Crippen LogP contribution < -0.4 is 0 Å². The molecule has 0 radical (unpaired) electrons. The van der Waals surface area contributed by atoms with Crippen molar-refractivity contribution in [1.82, 2.24) is 4.98 Å². The second-order valence-electron chi connectivity index (χ2n) is 5.56. The Balaban J connectivity index is 2.04. The van der Waals surface area contributed by atoms with Gasteiger partial charge in [-0.15, -0.1) is 0 Å². The number of carbonyl (C=O) groups excluding carboxylic acids is 1. The number of halogens is 2. The molecular formula is C20H17Cl2NO2. The van der Waals surface area contributed by atoms with E-state index >= 15 is 0 Å². The van der Waals surface area contributed by atoms with Crippen molar-refractivity contribution in [2.45, 2.75) is 13.3 Å². The van der Waals surface area contributed by atoms with Crippen LogP contribution in [0.5, 0.6) is 0 Å². The molecule has 0 bridgehead atoms. The molecule has 1 heterocycles. The summed E-state index contributed by atoms with van der Waals surface area (Å²) in [6.07, 6.45) is 2.34. The Kier molecular flexibility index (Phi) is 5.47. The maximum atomic E-state index is 12.6. The van der Waals surface area contributed by atoms with Gasteiger partial charge in [0, 0.05) is 22.7 Å². The molecule has 0 aliphatic heterocycles. The molecule has 0 spiro atoms. The number of aromatic amines is 1. The van der Waals surface area contributed by atoms with Crippen LogP contribution in [0.25, 0.3) is 11.3 Å². The van der Waals surface area contributed by atoms with E-state index in [0.29, 0.717) is 28.6 Å². The van der Waals surface area contributed by atoms with Gasteiger partial charge in [0.2, 0.25) is 0 Å². The van der Waals surface area contributed by atoms with E-state index in [2.05, 4.69) is 4.98 Å². The Morgan fingerprint density at radius 1 is 1.08 bits per heavy atom. The summed E-state index contributed by atoms with van der Waals surface area (Å²) in [7, 11) is 0. The lowest BCUT2D eigenvalue weighted by Gasteiger charge is -2.09. The summed E-state index contributed by atoms with van der Waals surface area (Å²) in [5.74, 6) is -0.345. The summed E-state index contributed by atoms with van der Waals surface area (Å²) in [6.45, 7) is 2.11. The molecule has 0 fully saturated rings. The average Bonchev–Trinajstić information content (AvgIpc) is 3.02. The molecule has 128 valence electrons. The highest BCUT2D eigenvalue weighted by molar-refractivity contribution is 6.35. The molecule has 2 aromatic carbocycles. The molecular weight excluding hydrogens is 357 g/mol. The normalized spacial score (nSPS) is 10.7. The van der Waals surface area contributed by atoms with Crippen molar-refractivity contribution in [3.63, 3.8) is 0 Å². The van der Waals surface area contributed by atoms with Gasteiger partial charge in [-0.05, 0) is 35.7 Å². The molecule has 3 rings (SSSR count). The number of aromatic nitrogens is 1. The number of esters is 1. The average molecular weight is 374 g/mol. The standard InChI is InChI=1S/C20H17Cl2NO2/c1-2-25-20(24)18-15(10-14-8-9-16(21)11-17(14)22)12-23-19(18)13-6-4-3-5-7-13/h3-9,11-12,23H,2,10H2,1H3. The first-order valence-electron chi connectivity index (χ1n) is 7.97. The third-order valence-electron chi connectivity index (χ3n) is 3.90. The number of hydrogen-bond donors (Lipinski definition) is 1. The fourth-order valence-corrected chi connectivity index (χ4v) is 3.22. The number of H-pyrrole nitrogens is 1. The largest absolute Gasteiger partial charge is 0.462 e. The quantitative estimate of drug-likeness (QED) is 0.577. The van der Waals surface area contributed by atoms with Gasteiger partial charge >= 0.3 is 5.97 Å². The van der Waals surface area contributed by atoms with Crippen LogP contribution in [-0.2, 0) is 11.2 Å². The van der Waals surface area contributed by atoms with Crippen LogP contribution in [0.4, 0.5) is 0 Å². The summed E-state index contributed by atoms with van der Waals surface area (Å²) in [6, 6.07) is 15.1. The lowest BCUT2D eigenvalue weighted by atomic mass is 10.00. The Labute approximate surface area is 156 Å².